The van der Waals surface area contributed by atoms with Crippen molar-refractivity contribution >= 4 is 27.3 Å². The van der Waals surface area contributed by atoms with Crippen molar-refractivity contribution in [2.45, 2.75) is 48.8 Å². The highest BCUT2D eigenvalue weighted by Gasteiger charge is 2.48. The number of hydrogen-bond donors (Lipinski definition) is 0. The highest BCUT2D eigenvalue weighted by atomic mass is 32.2. The third-order valence-electron chi connectivity index (χ3n) is 5.12. The van der Waals surface area contributed by atoms with Gasteiger partial charge in [0.05, 0.1) is 13.3 Å². The van der Waals surface area contributed by atoms with Crippen LogP contribution in [0.4, 0.5) is 0 Å². The summed E-state index contributed by atoms with van der Waals surface area (Å²) in [5, 5.41) is 1.61. The molecule has 0 radical (unpaired) electrons. The lowest BCUT2D eigenvalue weighted by molar-refractivity contribution is 0.0601. The first-order valence-electron chi connectivity index (χ1n) is 8.76. The molecule has 2 aliphatic heterocycles. The molecule has 2 aromatic rings. The number of nitrogens with zero attached hydrogens (tertiary/aromatic N) is 2. The molecule has 0 N–H and O–H groups in total. The van der Waals surface area contributed by atoms with E-state index in [0.29, 0.717) is 18.6 Å². The Morgan fingerprint density at radius 2 is 2.00 bits per heavy atom. The van der Waals surface area contributed by atoms with Crippen LogP contribution >= 0.6 is 11.3 Å². The van der Waals surface area contributed by atoms with Gasteiger partial charge in [0.2, 0.25) is 10.0 Å². The van der Waals surface area contributed by atoms with Crippen molar-refractivity contribution in [3.8, 4) is 5.75 Å². The Balaban J connectivity index is 1.56. The average molecular weight is 409 g/mol. The molecule has 9 heteroatoms. The van der Waals surface area contributed by atoms with Gasteiger partial charge in [-0.05, 0) is 36.4 Å². The monoisotopic (exact) mass is 408 g/mol. The van der Waals surface area contributed by atoms with E-state index >= 15 is 0 Å². The van der Waals surface area contributed by atoms with Gasteiger partial charge in [-0.25, -0.2) is 13.2 Å². The van der Waals surface area contributed by atoms with Crippen LogP contribution in [0.1, 0.15) is 35.4 Å². The summed E-state index contributed by atoms with van der Waals surface area (Å²) in [6.07, 6.45) is 6.17. The van der Waals surface area contributed by atoms with E-state index < -0.39 is 16.0 Å². The summed E-state index contributed by atoms with van der Waals surface area (Å²) in [6, 6.07) is 4.91. The van der Waals surface area contributed by atoms with Crippen LogP contribution in [0.3, 0.4) is 0 Å². The minimum atomic E-state index is -3.76. The van der Waals surface area contributed by atoms with Crippen LogP contribution in [0.25, 0.3) is 0 Å². The van der Waals surface area contributed by atoms with Crippen LogP contribution in [0, 0.1) is 0 Å². The zero-order chi connectivity index (χ0) is 19.0. The summed E-state index contributed by atoms with van der Waals surface area (Å²) in [5.74, 6) is 0.0785. The molecule has 2 bridgehead atoms. The van der Waals surface area contributed by atoms with Gasteiger partial charge in [-0.3, -0.25) is 4.98 Å². The van der Waals surface area contributed by atoms with Gasteiger partial charge in [0, 0.05) is 31.1 Å². The lowest BCUT2D eigenvalue weighted by atomic mass is 10.0. The second-order valence-electron chi connectivity index (χ2n) is 6.73. The Morgan fingerprint density at radius 3 is 2.63 bits per heavy atom. The number of ether oxygens (including phenoxy) is 2. The molecule has 0 amide bonds. The van der Waals surface area contributed by atoms with Gasteiger partial charge in [0.15, 0.2) is 0 Å². The molecule has 0 aromatic carbocycles. The Morgan fingerprint density at radius 1 is 1.26 bits per heavy atom. The van der Waals surface area contributed by atoms with E-state index in [0.717, 1.165) is 24.2 Å². The third kappa shape index (κ3) is 3.35. The van der Waals surface area contributed by atoms with E-state index in [1.54, 1.807) is 22.1 Å². The van der Waals surface area contributed by atoms with E-state index in [2.05, 4.69) is 4.98 Å². The number of thiophene rings is 1. The van der Waals surface area contributed by atoms with Crippen LogP contribution < -0.4 is 4.74 Å². The first-order valence-corrected chi connectivity index (χ1v) is 11.1. The maximum Gasteiger partial charge on any atom is 0.349 e. The number of fused-ring (bicyclic) bond motifs is 2. The molecule has 2 saturated heterocycles. The Hall–Kier alpha value is -1.97. The molecule has 2 fully saturated rings. The summed E-state index contributed by atoms with van der Waals surface area (Å²) in [5.41, 5.74) is 0. The summed E-state index contributed by atoms with van der Waals surface area (Å²) < 4.78 is 38.9. The molecule has 2 aliphatic rings. The van der Waals surface area contributed by atoms with Crippen LogP contribution in [0.15, 0.2) is 40.9 Å². The maximum atomic E-state index is 13.3. The smallest absolute Gasteiger partial charge is 0.349 e. The molecule has 0 spiro atoms. The molecule has 144 valence electrons. The van der Waals surface area contributed by atoms with Gasteiger partial charge in [-0.15, -0.1) is 11.3 Å². The fraction of sp³-hybridized carbons (Fsp3) is 0.444. The van der Waals surface area contributed by atoms with Crippen LogP contribution in [-0.2, 0) is 14.8 Å². The van der Waals surface area contributed by atoms with Crippen molar-refractivity contribution in [3.63, 3.8) is 0 Å². The van der Waals surface area contributed by atoms with E-state index in [-0.39, 0.29) is 28.0 Å². The lowest BCUT2D eigenvalue weighted by Gasteiger charge is -2.37. The van der Waals surface area contributed by atoms with Crippen molar-refractivity contribution in [2.24, 2.45) is 0 Å². The number of carbonyl (C=O) groups excluding carboxylic acids is 1. The van der Waals surface area contributed by atoms with E-state index in [1.165, 1.54) is 13.2 Å². The molecule has 4 rings (SSSR count). The number of sulfonamides is 1. The predicted octanol–water partition coefficient (Wildman–Crippen LogP) is 2.69. The third-order valence-corrected chi connectivity index (χ3v) is 8.19. The maximum absolute atomic E-state index is 13.3. The van der Waals surface area contributed by atoms with Crippen molar-refractivity contribution in [1.29, 1.82) is 0 Å². The highest BCUT2D eigenvalue weighted by Crippen LogP contribution is 2.42. The average Bonchev–Trinajstić information content (AvgIpc) is 3.26. The van der Waals surface area contributed by atoms with Crippen LogP contribution in [-0.4, -0.2) is 49.0 Å². The van der Waals surface area contributed by atoms with Crippen molar-refractivity contribution in [1.82, 2.24) is 9.29 Å². The first-order chi connectivity index (χ1) is 13.0. The number of rotatable bonds is 5. The molecule has 2 unspecified atom stereocenters. The van der Waals surface area contributed by atoms with Crippen molar-refractivity contribution in [3.05, 3.63) is 40.8 Å². The Kier molecular flexibility index (Phi) is 4.92. The molecule has 0 aliphatic carbocycles. The van der Waals surface area contributed by atoms with E-state index in [4.69, 9.17) is 9.47 Å². The number of esters is 1. The van der Waals surface area contributed by atoms with Crippen molar-refractivity contribution < 1.29 is 22.7 Å². The Labute approximate surface area is 162 Å². The first kappa shape index (κ1) is 18.4. The zero-order valence-corrected chi connectivity index (χ0v) is 16.4. The summed E-state index contributed by atoms with van der Waals surface area (Å²) in [4.78, 5) is 16.2. The number of piperidine rings is 1. The molecule has 7 nitrogen and oxygen atoms in total. The minimum absolute atomic E-state index is 0.0410. The number of hydrogen-bond acceptors (Lipinski definition) is 7. The van der Waals surface area contributed by atoms with Gasteiger partial charge >= 0.3 is 5.97 Å². The predicted molar refractivity (Wildman–Crippen MR) is 99.4 cm³/mol. The number of methoxy groups -OCH3 is 1. The molecule has 4 heterocycles. The summed E-state index contributed by atoms with van der Waals surface area (Å²) >= 11 is 1.09. The zero-order valence-electron chi connectivity index (χ0n) is 14.8. The highest BCUT2D eigenvalue weighted by molar-refractivity contribution is 7.89. The van der Waals surface area contributed by atoms with E-state index in [9.17, 15) is 13.2 Å². The molecule has 2 atom stereocenters. The fourth-order valence-electron chi connectivity index (χ4n) is 4.04. The summed E-state index contributed by atoms with van der Waals surface area (Å²) in [6.45, 7) is 0. The van der Waals surface area contributed by atoms with Gasteiger partial charge in [-0.1, -0.05) is 0 Å². The largest absolute Gasteiger partial charge is 0.489 e. The molecule has 0 saturated carbocycles. The SMILES string of the molecule is COC(=O)c1sccc1S(=O)(=O)N1C2CCC1CC(Oc1cccnc1)C2. The molecule has 27 heavy (non-hydrogen) atoms. The summed E-state index contributed by atoms with van der Waals surface area (Å²) in [7, 11) is -2.51. The van der Waals surface area contributed by atoms with Crippen LogP contribution in [0.5, 0.6) is 5.75 Å². The number of carbonyl (C=O) groups is 1. The van der Waals surface area contributed by atoms with Gasteiger partial charge < -0.3 is 9.47 Å². The van der Waals surface area contributed by atoms with Crippen molar-refractivity contribution in [2.75, 3.05) is 7.11 Å². The lowest BCUT2D eigenvalue weighted by Crippen LogP contribution is -2.49. The topological polar surface area (TPSA) is 85.8 Å². The second-order valence-corrected chi connectivity index (χ2v) is 9.45. The molecular weight excluding hydrogens is 388 g/mol. The standard InChI is InChI=1S/C18H20N2O5S2/c1-24-18(21)17-16(6-8-26-17)27(22,23)20-12-4-5-13(20)10-15(9-12)25-14-3-2-7-19-11-14/h2-3,6-8,11-13,15H,4-5,9-10H2,1H3. The van der Waals surface area contributed by atoms with Gasteiger partial charge in [-0.2, -0.15) is 4.31 Å². The molecular formula is C18H20N2O5S2. The van der Waals surface area contributed by atoms with E-state index in [1.807, 2.05) is 12.1 Å². The fourth-order valence-corrected chi connectivity index (χ4v) is 7.24. The van der Waals surface area contributed by atoms with Crippen LogP contribution in [0.2, 0.25) is 0 Å². The minimum Gasteiger partial charge on any atom is -0.489 e. The van der Waals surface area contributed by atoms with Gasteiger partial charge in [0.25, 0.3) is 0 Å². The Bertz CT molecular complexity index is 914. The van der Waals surface area contributed by atoms with Gasteiger partial charge in [0.1, 0.15) is 21.6 Å². The number of aromatic nitrogens is 1. The number of pyridine rings is 1. The second kappa shape index (κ2) is 7.21. The normalized spacial score (nSPS) is 25.3. The quantitative estimate of drug-likeness (QED) is 0.707. The molecule has 2 aromatic heterocycles.